The van der Waals surface area contributed by atoms with Gasteiger partial charge in [0.1, 0.15) is 0 Å². The monoisotopic (exact) mass is 325 g/mol. The molecular formula is C14H20BrN3O. The molecule has 1 saturated heterocycles. The summed E-state index contributed by atoms with van der Waals surface area (Å²) in [5.41, 5.74) is 1.03. The van der Waals surface area contributed by atoms with Crippen LogP contribution in [0.1, 0.15) is 5.56 Å². The number of piperazine rings is 1. The van der Waals surface area contributed by atoms with E-state index in [9.17, 15) is 4.79 Å². The van der Waals surface area contributed by atoms with Crippen molar-refractivity contribution in [3.63, 3.8) is 0 Å². The number of carbonyl (C=O) groups excluding carboxylic acids is 1. The Morgan fingerprint density at radius 2 is 2.42 bits per heavy atom. The number of amides is 1. The molecule has 0 aliphatic carbocycles. The van der Waals surface area contributed by atoms with Crippen molar-refractivity contribution in [2.45, 2.75) is 12.5 Å². The minimum Gasteiger partial charge on any atom is -0.354 e. The van der Waals surface area contributed by atoms with E-state index in [1.807, 2.05) is 24.3 Å². The molecule has 1 unspecified atom stereocenters. The first-order valence-corrected chi connectivity index (χ1v) is 7.36. The van der Waals surface area contributed by atoms with Crippen LogP contribution in [0.4, 0.5) is 0 Å². The van der Waals surface area contributed by atoms with Gasteiger partial charge >= 0.3 is 0 Å². The van der Waals surface area contributed by atoms with Gasteiger partial charge in [-0.05, 0) is 24.7 Å². The number of nitrogens with zero attached hydrogens (tertiary/aromatic N) is 1. The SMILES string of the molecule is CN1CCNC(CNC(=O)Cc2cccc(Br)c2)C1. The Balaban J connectivity index is 1.75. The standard InChI is InChI=1S/C14H20BrN3O/c1-18-6-5-16-13(10-18)9-17-14(19)8-11-3-2-4-12(15)7-11/h2-4,7,13,16H,5-6,8-10H2,1H3,(H,17,19). The van der Waals surface area contributed by atoms with Gasteiger partial charge in [-0.25, -0.2) is 0 Å². The van der Waals surface area contributed by atoms with Crippen LogP contribution >= 0.6 is 15.9 Å². The van der Waals surface area contributed by atoms with Crippen LogP contribution in [-0.2, 0) is 11.2 Å². The fourth-order valence-corrected chi connectivity index (χ4v) is 2.71. The first-order chi connectivity index (χ1) is 9.13. The predicted octanol–water partition coefficient (Wildman–Crippen LogP) is 1.01. The molecule has 5 heteroatoms. The summed E-state index contributed by atoms with van der Waals surface area (Å²) in [6.45, 7) is 3.74. The third kappa shape index (κ3) is 4.93. The van der Waals surface area contributed by atoms with Gasteiger partial charge in [-0.2, -0.15) is 0 Å². The van der Waals surface area contributed by atoms with Crippen LogP contribution in [0.25, 0.3) is 0 Å². The number of carbonyl (C=O) groups is 1. The molecule has 0 spiro atoms. The van der Waals surface area contributed by atoms with Gasteiger partial charge in [0.15, 0.2) is 0 Å². The molecule has 0 bridgehead atoms. The zero-order chi connectivity index (χ0) is 13.7. The van der Waals surface area contributed by atoms with Crippen LogP contribution in [0.3, 0.4) is 0 Å². The first kappa shape index (κ1) is 14.5. The summed E-state index contributed by atoms with van der Waals surface area (Å²) in [7, 11) is 2.11. The highest BCUT2D eigenvalue weighted by molar-refractivity contribution is 9.10. The average Bonchev–Trinajstić information content (AvgIpc) is 2.36. The fraction of sp³-hybridized carbons (Fsp3) is 0.500. The quantitative estimate of drug-likeness (QED) is 0.868. The normalized spacial score (nSPS) is 20.2. The molecule has 0 radical (unpaired) electrons. The predicted molar refractivity (Wildman–Crippen MR) is 80.1 cm³/mol. The molecule has 0 aromatic heterocycles. The van der Waals surface area contributed by atoms with Crippen molar-refractivity contribution < 1.29 is 4.79 Å². The summed E-state index contributed by atoms with van der Waals surface area (Å²) in [5, 5.41) is 6.41. The summed E-state index contributed by atoms with van der Waals surface area (Å²) in [4.78, 5) is 14.2. The molecule has 1 fully saturated rings. The summed E-state index contributed by atoms with van der Waals surface area (Å²) in [5.74, 6) is 0.0770. The molecule has 1 amide bonds. The van der Waals surface area contributed by atoms with Crippen molar-refractivity contribution in [1.82, 2.24) is 15.5 Å². The zero-order valence-electron chi connectivity index (χ0n) is 11.2. The maximum absolute atomic E-state index is 11.9. The maximum atomic E-state index is 11.9. The van der Waals surface area contributed by atoms with Crippen LogP contribution in [0.2, 0.25) is 0 Å². The van der Waals surface area contributed by atoms with Crippen molar-refractivity contribution >= 4 is 21.8 Å². The maximum Gasteiger partial charge on any atom is 0.224 e. The fourth-order valence-electron chi connectivity index (χ4n) is 2.26. The average molecular weight is 326 g/mol. The number of likely N-dealkylation sites (N-methyl/N-ethyl adjacent to an activating group) is 1. The van der Waals surface area contributed by atoms with Gasteiger partial charge in [0.05, 0.1) is 6.42 Å². The molecule has 0 saturated carbocycles. The number of hydrogen-bond acceptors (Lipinski definition) is 3. The minimum absolute atomic E-state index is 0.0770. The van der Waals surface area contributed by atoms with Gasteiger partial charge in [-0.3, -0.25) is 4.79 Å². The van der Waals surface area contributed by atoms with E-state index < -0.39 is 0 Å². The third-order valence-electron chi connectivity index (χ3n) is 3.26. The second-order valence-electron chi connectivity index (χ2n) is 5.02. The summed E-state index contributed by atoms with van der Waals surface area (Å²) in [6.07, 6.45) is 0.433. The van der Waals surface area contributed by atoms with Gasteiger partial charge in [-0.1, -0.05) is 28.1 Å². The highest BCUT2D eigenvalue weighted by Crippen LogP contribution is 2.11. The molecule has 1 heterocycles. The summed E-state index contributed by atoms with van der Waals surface area (Å²) < 4.78 is 1.01. The van der Waals surface area contributed by atoms with Crippen LogP contribution in [0, 0.1) is 0 Å². The highest BCUT2D eigenvalue weighted by atomic mass is 79.9. The lowest BCUT2D eigenvalue weighted by atomic mass is 10.1. The molecule has 104 valence electrons. The van der Waals surface area contributed by atoms with E-state index in [0.29, 0.717) is 19.0 Å². The molecule has 19 heavy (non-hydrogen) atoms. The Morgan fingerprint density at radius 1 is 1.58 bits per heavy atom. The number of nitrogens with one attached hydrogen (secondary N) is 2. The lowest BCUT2D eigenvalue weighted by Gasteiger charge is -2.30. The van der Waals surface area contributed by atoms with Gasteiger partial charge in [0.25, 0.3) is 0 Å². The lowest BCUT2D eigenvalue weighted by molar-refractivity contribution is -0.120. The van der Waals surface area contributed by atoms with Gasteiger partial charge < -0.3 is 15.5 Å². The Kier molecular flexibility index (Phi) is 5.36. The van der Waals surface area contributed by atoms with E-state index in [4.69, 9.17) is 0 Å². The van der Waals surface area contributed by atoms with Crippen molar-refractivity contribution in [2.24, 2.45) is 0 Å². The number of hydrogen-bond donors (Lipinski definition) is 2. The van der Waals surface area contributed by atoms with Gasteiger partial charge in [0, 0.05) is 36.7 Å². The Labute approximate surface area is 122 Å². The third-order valence-corrected chi connectivity index (χ3v) is 3.75. The molecule has 1 aromatic carbocycles. The molecule has 4 nitrogen and oxygen atoms in total. The van der Waals surface area contributed by atoms with Crippen molar-refractivity contribution in [3.8, 4) is 0 Å². The second-order valence-corrected chi connectivity index (χ2v) is 5.94. The summed E-state index contributed by atoms with van der Waals surface area (Å²) >= 11 is 3.41. The first-order valence-electron chi connectivity index (χ1n) is 6.56. The van der Waals surface area contributed by atoms with Crippen LogP contribution in [0.15, 0.2) is 28.7 Å². The van der Waals surface area contributed by atoms with Crippen molar-refractivity contribution in [2.75, 3.05) is 33.2 Å². The van der Waals surface area contributed by atoms with E-state index in [2.05, 4.69) is 38.5 Å². The van der Waals surface area contributed by atoms with Crippen LogP contribution < -0.4 is 10.6 Å². The van der Waals surface area contributed by atoms with E-state index >= 15 is 0 Å². The Bertz CT molecular complexity index is 438. The van der Waals surface area contributed by atoms with Crippen molar-refractivity contribution in [3.05, 3.63) is 34.3 Å². The van der Waals surface area contributed by atoms with Crippen LogP contribution in [-0.4, -0.2) is 50.1 Å². The highest BCUT2D eigenvalue weighted by Gasteiger charge is 2.16. The van der Waals surface area contributed by atoms with Crippen molar-refractivity contribution in [1.29, 1.82) is 0 Å². The Hall–Kier alpha value is -0.910. The van der Waals surface area contributed by atoms with E-state index in [-0.39, 0.29) is 5.91 Å². The lowest BCUT2D eigenvalue weighted by Crippen LogP contribution is -2.53. The molecule has 1 aromatic rings. The van der Waals surface area contributed by atoms with E-state index in [1.54, 1.807) is 0 Å². The largest absolute Gasteiger partial charge is 0.354 e. The molecule has 1 atom stereocenters. The molecule has 1 aliphatic rings. The smallest absolute Gasteiger partial charge is 0.224 e. The molecule has 2 rings (SSSR count). The van der Waals surface area contributed by atoms with Crippen LogP contribution in [0.5, 0.6) is 0 Å². The van der Waals surface area contributed by atoms with Gasteiger partial charge in [0.2, 0.25) is 5.91 Å². The minimum atomic E-state index is 0.0770. The molecule has 1 aliphatic heterocycles. The Morgan fingerprint density at radius 3 is 3.16 bits per heavy atom. The molecule has 2 N–H and O–H groups in total. The second kappa shape index (κ2) is 7.03. The van der Waals surface area contributed by atoms with E-state index in [0.717, 1.165) is 29.7 Å². The number of rotatable bonds is 4. The zero-order valence-corrected chi connectivity index (χ0v) is 12.7. The number of benzene rings is 1. The number of halogens is 1. The topological polar surface area (TPSA) is 44.4 Å². The molecular weight excluding hydrogens is 306 g/mol. The summed E-state index contributed by atoms with van der Waals surface area (Å²) in [6, 6.07) is 8.21. The van der Waals surface area contributed by atoms with E-state index in [1.165, 1.54) is 0 Å². The van der Waals surface area contributed by atoms with Gasteiger partial charge in [-0.15, -0.1) is 0 Å².